The summed E-state index contributed by atoms with van der Waals surface area (Å²) in [4.78, 5) is 22.0. The van der Waals surface area contributed by atoms with Crippen molar-refractivity contribution in [3.8, 4) is 0 Å². The third-order valence-electron chi connectivity index (χ3n) is 4.61. The van der Waals surface area contributed by atoms with Crippen LogP contribution < -0.4 is 0 Å². The highest BCUT2D eigenvalue weighted by molar-refractivity contribution is 5.87. The lowest BCUT2D eigenvalue weighted by molar-refractivity contribution is -0.113. The Morgan fingerprint density at radius 2 is 1.95 bits per heavy atom. The van der Waals surface area contributed by atoms with Crippen LogP contribution in [0.15, 0.2) is 24.3 Å². The Bertz CT molecular complexity index is 508. The van der Waals surface area contributed by atoms with Gasteiger partial charge in [-0.3, -0.25) is 0 Å². The van der Waals surface area contributed by atoms with Gasteiger partial charge >= 0.3 is 5.97 Å². The molecule has 0 aliphatic carbocycles. The third-order valence-corrected chi connectivity index (χ3v) is 4.61. The molecule has 0 spiro atoms. The van der Waals surface area contributed by atoms with Crippen molar-refractivity contribution < 1.29 is 19.4 Å². The van der Waals surface area contributed by atoms with E-state index < -0.39 is 5.97 Å². The summed E-state index contributed by atoms with van der Waals surface area (Å²) in [6, 6.07) is 6.97. The van der Waals surface area contributed by atoms with E-state index in [1.165, 1.54) is 0 Å². The number of aryl methyl sites for hydroxylation is 1. The van der Waals surface area contributed by atoms with E-state index >= 15 is 0 Å². The summed E-state index contributed by atoms with van der Waals surface area (Å²) in [7, 11) is 0. The number of carbonyl (C=O) groups is 2. The summed E-state index contributed by atoms with van der Waals surface area (Å²) in [5.41, 5.74) is 1.42. The van der Waals surface area contributed by atoms with E-state index in [0.717, 1.165) is 37.5 Å². The number of benzene rings is 1. The van der Waals surface area contributed by atoms with E-state index in [0.29, 0.717) is 11.5 Å². The lowest BCUT2D eigenvalue weighted by Gasteiger charge is -2.23. The summed E-state index contributed by atoms with van der Waals surface area (Å²) >= 11 is 0. The van der Waals surface area contributed by atoms with Crippen LogP contribution in [0.2, 0.25) is 0 Å². The molecule has 4 heteroatoms. The summed E-state index contributed by atoms with van der Waals surface area (Å²) < 4.78 is 5.82. The van der Waals surface area contributed by atoms with Crippen LogP contribution in [0.5, 0.6) is 0 Å². The molecule has 1 aromatic carbocycles. The Morgan fingerprint density at radius 1 is 1.25 bits per heavy atom. The van der Waals surface area contributed by atoms with Gasteiger partial charge in [-0.1, -0.05) is 12.1 Å². The Morgan fingerprint density at radius 3 is 2.60 bits per heavy atom. The second-order valence-corrected chi connectivity index (χ2v) is 5.71. The molecule has 2 heterocycles. The number of carbonyl (C=O) groups excluding carboxylic acids is 1. The fraction of sp³-hybridized carbons (Fsp3) is 0.500. The zero-order chi connectivity index (χ0) is 14.1. The van der Waals surface area contributed by atoms with Gasteiger partial charge in [0, 0.05) is 5.92 Å². The van der Waals surface area contributed by atoms with Gasteiger partial charge in [-0.25, -0.2) is 4.79 Å². The molecule has 1 N–H and O–H groups in total. The minimum Gasteiger partial charge on any atom is -0.478 e. The molecule has 1 unspecified atom stereocenters. The predicted molar refractivity (Wildman–Crippen MR) is 72.7 cm³/mol. The van der Waals surface area contributed by atoms with E-state index in [9.17, 15) is 9.59 Å². The maximum absolute atomic E-state index is 11.2. The number of aldehydes is 1. The van der Waals surface area contributed by atoms with Gasteiger partial charge in [-0.05, 0) is 49.3 Å². The fourth-order valence-electron chi connectivity index (χ4n) is 3.53. The summed E-state index contributed by atoms with van der Waals surface area (Å²) in [5.74, 6) is -0.531. The first kappa shape index (κ1) is 13.3. The standard InChI is InChI=1S/C16H18O4/c17-9-13-12(14-7-8-15(13)20-14)6-3-10-1-4-11(5-2-10)16(18)19/h1-2,4-5,9,12-15H,3,6-8H2,(H,18,19)/t12-,13-,14-,15?/m1/s1. The van der Waals surface area contributed by atoms with E-state index in [4.69, 9.17) is 9.84 Å². The molecule has 2 fully saturated rings. The smallest absolute Gasteiger partial charge is 0.335 e. The molecule has 0 aromatic heterocycles. The predicted octanol–water partition coefficient (Wildman–Crippen LogP) is 2.31. The van der Waals surface area contributed by atoms with Crippen LogP contribution >= 0.6 is 0 Å². The highest BCUT2D eigenvalue weighted by Gasteiger charge is 2.48. The largest absolute Gasteiger partial charge is 0.478 e. The van der Waals surface area contributed by atoms with Crippen molar-refractivity contribution in [1.82, 2.24) is 0 Å². The highest BCUT2D eigenvalue weighted by atomic mass is 16.5. The molecule has 20 heavy (non-hydrogen) atoms. The SMILES string of the molecule is O=C[C@H]1C2CC[C@@H](O2)[C@@H]1CCc1ccc(C(=O)O)cc1. The summed E-state index contributed by atoms with van der Waals surface area (Å²) in [6.07, 6.45) is 5.31. The molecule has 4 nitrogen and oxygen atoms in total. The first-order valence-electron chi connectivity index (χ1n) is 7.12. The Hall–Kier alpha value is -1.68. The van der Waals surface area contributed by atoms with Crippen LogP contribution in [-0.2, 0) is 16.0 Å². The van der Waals surface area contributed by atoms with Gasteiger partial charge in [-0.2, -0.15) is 0 Å². The average Bonchev–Trinajstić information content (AvgIpc) is 3.05. The van der Waals surface area contributed by atoms with Crippen LogP contribution in [0.1, 0.15) is 35.2 Å². The number of ether oxygens (including phenoxy) is 1. The minimum atomic E-state index is -0.904. The maximum atomic E-state index is 11.2. The number of carboxylic acid groups (broad SMARTS) is 1. The van der Waals surface area contributed by atoms with E-state index in [2.05, 4.69) is 0 Å². The molecule has 0 radical (unpaired) electrons. The van der Waals surface area contributed by atoms with Gasteiger partial charge in [0.2, 0.25) is 0 Å². The lowest BCUT2D eigenvalue weighted by atomic mass is 9.77. The topological polar surface area (TPSA) is 63.6 Å². The average molecular weight is 274 g/mol. The number of hydrogen-bond acceptors (Lipinski definition) is 3. The maximum Gasteiger partial charge on any atom is 0.335 e. The first-order valence-corrected chi connectivity index (χ1v) is 7.12. The van der Waals surface area contributed by atoms with Gasteiger partial charge in [0.25, 0.3) is 0 Å². The van der Waals surface area contributed by atoms with Gasteiger partial charge in [-0.15, -0.1) is 0 Å². The Kier molecular flexibility index (Phi) is 3.57. The Balaban J connectivity index is 1.61. The molecule has 0 saturated carbocycles. The second-order valence-electron chi connectivity index (χ2n) is 5.71. The zero-order valence-electron chi connectivity index (χ0n) is 11.2. The monoisotopic (exact) mass is 274 g/mol. The van der Waals surface area contributed by atoms with Crippen molar-refractivity contribution in [2.24, 2.45) is 11.8 Å². The highest BCUT2D eigenvalue weighted by Crippen LogP contribution is 2.44. The number of rotatable bonds is 5. The molecule has 2 saturated heterocycles. The third kappa shape index (κ3) is 2.36. The second kappa shape index (κ2) is 5.37. The number of hydrogen-bond donors (Lipinski definition) is 1. The van der Waals surface area contributed by atoms with E-state index in [1.54, 1.807) is 12.1 Å². The van der Waals surface area contributed by atoms with Crippen LogP contribution in [0.25, 0.3) is 0 Å². The minimum absolute atomic E-state index is 0.0482. The summed E-state index contributed by atoms with van der Waals surface area (Å²) in [6.45, 7) is 0. The summed E-state index contributed by atoms with van der Waals surface area (Å²) in [5, 5.41) is 8.86. The van der Waals surface area contributed by atoms with Crippen LogP contribution in [0, 0.1) is 11.8 Å². The number of aromatic carboxylic acids is 1. The molecule has 3 rings (SSSR count). The quantitative estimate of drug-likeness (QED) is 0.837. The van der Waals surface area contributed by atoms with Crippen molar-refractivity contribution in [2.75, 3.05) is 0 Å². The van der Waals surface area contributed by atoms with Gasteiger partial charge < -0.3 is 14.6 Å². The molecule has 106 valence electrons. The Labute approximate surface area is 117 Å². The van der Waals surface area contributed by atoms with Crippen molar-refractivity contribution in [2.45, 2.75) is 37.9 Å². The fourth-order valence-corrected chi connectivity index (χ4v) is 3.53. The number of fused-ring (bicyclic) bond motifs is 2. The van der Waals surface area contributed by atoms with Crippen molar-refractivity contribution in [3.05, 3.63) is 35.4 Å². The number of carboxylic acids is 1. The van der Waals surface area contributed by atoms with E-state index in [-0.39, 0.29) is 18.1 Å². The van der Waals surface area contributed by atoms with E-state index in [1.807, 2.05) is 12.1 Å². The lowest BCUT2D eigenvalue weighted by Crippen LogP contribution is -2.28. The van der Waals surface area contributed by atoms with Crippen LogP contribution in [-0.4, -0.2) is 29.6 Å². The van der Waals surface area contributed by atoms with Crippen molar-refractivity contribution in [3.63, 3.8) is 0 Å². The van der Waals surface area contributed by atoms with Gasteiger partial charge in [0.05, 0.1) is 17.8 Å². The molecular weight excluding hydrogens is 256 g/mol. The van der Waals surface area contributed by atoms with Crippen molar-refractivity contribution in [1.29, 1.82) is 0 Å². The van der Waals surface area contributed by atoms with Gasteiger partial charge in [0.15, 0.2) is 0 Å². The molecule has 2 bridgehead atoms. The molecule has 2 aliphatic heterocycles. The van der Waals surface area contributed by atoms with Crippen LogP contribution in [0.3, 0.4) is 0 Å². The molecular formula is C16H18O4. The molecule has 0 amide bonds. The molecule has 4 atom stereocenters. The zero-order valence-corrected chi connectivity index (χ0v) is 11.2. The van der Waals surface area contributed by atoms with Gasteiger partial charge in [0.1, 0.15) is 6.29 Å². The van der Waals surface area contributed by atoms with Crippen molar-refractivity contribution >= 4 is 12.3 Å². The molecule has 1 aromatic rings. The van der Waals surface area contributed by atoms with Crippen LogP contribution in [0.4, 0.5) is 0 Å². The normalized spacial score (nSPS) is 31.4. The first-order chi connectivity index (χ1) is 9.69. The molecule has 2 aliphatic rings.